The average molecular weight is 397 g/mol. The number of rotatable bonds is 4. The molecule has 0 aromatic heterocycles. The maximum atomic E-state index is 12.4. The lowest BCUT2D eigenvalue weighted by atomic mass is 10.2. The van der Waals surface area contributed by atoms with E-state index in [0.29, 0.717) is 22.9 Å². The molecule has 1 aliphatic heterocycles. The lowest BCUT2D eigenvalue weighted by Gasteiger charge is -2.23. The van der Waals surface area contributed by atoms with E-state index >= 15 is 0 Å². The summed E-state index contributed by atoms with van der Waals surface area (Å²) in [6, 6.07) is 4.26. The van der Waals surface area contributed by atoms with Crippen molar-refractivity contribution in [2.45, 2.75) is 30.3 Å². The van der Waals surface area contributed by atoms with Crippen LogP contribution in [0.2, 0.25) is 0 Å². The number of benzene rings is 1. The standard InChI is InChI=1S/C12H17BrN2O4S2/c13-11-4-3-9(7-14)6-12(11)21(18,19)15-10-2-1-5-20(16,17)8-10/h3-4,6,10,15H,1-2,5,7-8,14H2. The second kappa shape index (κ2) is 6.33. The molecule has 1 atom stereocenters. The number of hydrogen-bond donors (Lipinski definition) is 2. The van der Waals surface area contributed by atoms with Gasteiger partial charge in [-0.25, -0.2) is 21.6 Å². The van der Waals surface area contributed by atoms with Gasteiger partial charge in [-0.1, -0.05) is 6.07 Å². The topological polar surface area (TPSA) is 106 Å². The van der Waals surface area contributed by atoms with Gasteiger partial charge in [-0.15, -0.1) is 0 Å². The largest absolute Gasteiger partial charge is 0.326 e. The molecule has 1 aromatic carbocycles. The van der Waals surface area contributed by atoms with Gasteiger partial charge < -0.3 is 5.73 Å². The van der Waals surface area contributed by atoms with Crippen molar-refractivity contribution in [2.75, 3.05) is 11.5 Å². The highest BCUT2D eigenvalue weighted by Gasteiger charge is 2.29. The maximum absolute atomic E-state index is 12.4. The normalized spacial score (nSPS) is 22.1. The summed E-state index contributed by atoms with van der Waals surface area (Å²) in [6.45, 7) is 0.230. The van der Waals surface area contributed by atoms with E-state index in [1.807, 2.05) is 0 Å². The van der Waals surface area contributed by atoms with Gasteiger partial charge in [-0.05, 0) is 46.5 Å². The molecule has 21 heavy (non-hydrogen) atoms. The Labute approximate surface area is 133 Å². The number of nitrogens with one attached hydrogen (secondary N) is 1. The predicted octanol–water partition coefficient (Wildman–Crippen LogP) is 0.763. The van der Waals surface area contributed by atoms with Gasteiger partial charge in [0.2, 0.25) is 10.0 Å². The molecule has 1 aliphatic rings. The van der Waals surface area contributed by atoms with Crippen molar-refractivity contribution in [3.63, 3.8) is 0 Å². The van der Waals surface area contributed by atoms with Crippen LogP contribution in [0.15, 0.2) is 27.6 Å². The van der Waals surface area contributed by atoms with Crippen LogP contribution in [0.3, 0.4) is 0 Å². The van der Waals surface area contributed by atoms with E-state index in [-0.39, 0.29) is 22.9 Å². The quantitative estimate of drug-likeness (QED) is 0.781. The Morgan fingerprint density at radius 3 is 2.71 bits per heavy atom. The van der Waals surface area contributed by atoms with Crippen LogP contribution in [-0.4, -0.2) is 34.4 Å². The summed E-state index contributed by atoms with van der Waals surface area (Å²) in [5.41, 5.74) is 6.21. The summed E-state index contributed by atoms with van der Waals surface area (Å²) >= 11 is 3.20. The first-order valence-electron chi connectivity index (χ1n) is 6.45. The summed E-state index contributed by atoms with van der Waals surface area (Å²) in [5, 5.41) is 0. The van der Waals surface area contributed by atoms with Crippen LogP contribution in [0.25, 0.3) is 0 Å². The molecule has 118 valence electrons. The highest BCUT2D eigenvalue weighted by atomic mass is 79.9. The number of sulfonamides is 1. The number of hydrogen-bond acceptors (Lipinski definition) is 5. The predicted molar refractivity (Wildman–Crippen MR) is 84.0 cm³/mol. The highest BCUT2D eigenvalue weighted by Crippen LogP contribution is 2.24. The Morgan fingerprint density at radius 2 is 2.10 bits per heavy atom. The fourth-order valence-electron chi connectivity index (χ4n) is 2.28. The molecular formula is C12H17BrN2O4S2. The minimum Gasteiger partial charge on any atom is -0.326 e. The molecule has 0 aliphatic carbocycles. The van der Waals surface area contributed by atoms with Gasteiger partial charge in [0.05, 0.1) is 16.4 Å². The van der Waals surface area contributed by atoms with E-state index in [1.165, 1.54) is 6.07 Å². The van der Waals surface area contributed by atoms with Crippen LogP contribution in [0.4, 0.5) is 0 Å². The van der Waals surface area contributed by atoms with E-state index in [9.17, 15) is 16.8 Å². The van der Waals surface area contributed by atoms with Gasteiger partial charge in [0.1, 0.15) is 0 Å². The van der Waals surface area contributed by atoms with Crippen molar-refractivity contribution in [3.8, 4) is 0 Å². The molecule has 1 fully saturated rings. The van der Waals surface area contributed by atoms with Crippen LogP contribution in [0.5, 0.6) is 0 Å². The molecule has 0 spiro atoms. The van der Waals surface area contributed by atoms with E-state index in [0.717, 1.165) is 0 Å². The van der Waals surface area contributed by atoms with Gasteiger partial charge in [-0.3, -0.25) is 0 Å². The zero-order valence-electron chi connectivity index (χ0n) is 11.2. The summed E-state index contributed by atoms with van der Waals surface area (Å²) in [6.07, 6.45) is 0.992. The van der Waals surface area contributed by atoms with Crippen LogP contribution in [-0.2, 0) is 26.4 Å². The number of nitrogens with two attached hydrogens (primary N) is 1. The summed E-state index contributed by atoms with van der Waals surface area (Å²) < 4.78 is 50.9. The number of halogens is 1. The SMILES string of the molecule is NCc1ccc(Br)c(S(=O)(=O)NC2CCCS(=O)(=O)C2)c1. The third-order valence-corrected chi connectivity index (χ3v) is 7.64. The Hall–Kier alpha value is -0.480. The molecule has 9 heteroatoms. The summed E-state index contributed by atoms with van der Waals surface area (Å²) in [5.74, 6) is -0.0298. The molecule has 1 unspecified atom stereocenters. The van der Waals surface area contributed by atoms with Gasteiger partial charge in [-0.2, -0.15) is 0 Å². The zero-order chi connectivity index (χ0) is 15.7. The molecule has 1 heterocycles. The number of sulfone groups is 1. The first-order chi connectivity index (χ1) is 9.73. The molecule has 0 radical (unpaired) electrons. The van der Waals surface area contributed by atoms with Gasteiger partial charge in [0, 0.05) is 17.1 Å². The molecule has 1 aromatic rings. The third-order valence-electron chi connectivity index (χ3n) is 3.31. The molecule has 6 nitrogen and oxygen atoms in total. The maximum Gasteiger partial charge on any atom is 0.241 e. The van der Waals surface area contributed by atoms with Gasteiger partial charge in [0.25, 0.3) is 0 Å². The van der Waals surface area contributed by atoms with E-state index in [2.05, 4.69) is 20.7 Å². The molecule has 0 bridgehead atoms. The van der Waals surface area contributed by atoms with Crippen LogP contribution < -0.4 is 10.5 Å². The van der Waals surface area contributed by atoms with Crippen molar-refractivity contribution in [3.05, 3.63) is 28.2 Å². The molecule has 2 rings (SSSR count). The monoisotopic (exact) mass is 396 g/mol. The van der Waals surface area contributed by atoms with Gasteiger partial charge >= 0.3 is 0 Å². The minimum atomic E-state index is -3.79. The van der Waals surface area contributed by atoms with Crippen molar-refractivity contribution < 1.29 is 16.8 Å². The summed E-state index contributed by atoms with van der Waals surface area (Å²) in [4.78, 5) is 0.0772. The lowest BCUT2D eigenvalue weighted by molar-refractivity contribution is 0.517. The first kappa shape index (κ1) is 16.9. The molecule has 0 amide bonds. The summed E-state index contributed by atoms with van der Waals surface area (Å²) in [7, 11) is -6.96. The Kier molecular flexibility index (Phi) is 5.09. The Bertz CT molecular complexity index is 732. The van der Waals surface area contributed by atoms with Crippen LogP contribution >= 0.6 is 15.9 Å². The van der Waals surface area contributed by atoms with Crippen molar-refractivity contribution in [2.24, 2.45) is 5.73 Å². The van der Waals surface area contributed by atoms with Crippen LogP contribution in [0.1, 0.15) is 18.4 Å². The van der Waals surface area contributed by atoms with E-state index in [4.69, 9.17) is 5.73 Å². The highest BCUT2D eigenvalue weighted by molar-refractivity contribution is 9.10. The van der Waals surface area contributed by atoms with E-state index in [1.54, 1.807) is 12.1 Å². The van der Waals surface area contributed by atoms with Gasteiger partial charge in [0.15, 0.2) is 9.84 Å². The molecule has 0 saturated carbocycles. The average Bonchev–Trinajstić information content (AvgIpc) is 2.37. The zero-order valence-corrected chi connectivity index (χ0v) is 14.5. The Balaban J connectivity index is 2.26. The molecule has 3 N–H and O–H groups in total. The lowest BCUT2D eigenvalue weighted by Crippen LogP contribution is -2.43. The smallest absolute Gasteiger partial charge is 0.241 e. The van der Waals surface area contributed by atoms with Crippen LogP contribution in [0, 0.1) is 0 Å². The minimum absolute atomic E-state index is 0.0772. The second-order valence-corrected chi connectivity index (χ2v) is 9.81. The second-order valence-electron chi connectivity index (χ2n) is 5.04. The Morgan fingerprint density at radius 1 is 1.38 bits per heavy atom. The third kappa shape index (κ3) is 4.26. The fourth-order valence-corrected chi connectivity index (χ4v) is 6.31. The van der Waals surface area contributed by atoms with Crippen molar-refractivity contribution in [1.82, 2.24) is 4.72 Å². The van der Waals surface area contributed by atoms with Crippen molar-refractivity contribution >= 4 is 35.8 Å². The van der Waals surface area contributed by atoms with Crippen molar-refractivity contribution in [1.29, 1.82) is 0 Å². The van der Waals surface area contributed by atoms with E-state index < -0.39 is 25.9 Å². The molecule has 1 saturated heterocycles. The fraction of sp³-hybridized carbons (Fsp3) is 0.500. The first-order valence-corrected chi connectivity index (χ1v) is 10.5. The molecular weight excluding hydrogens is 380 g/mol.